The van der Waals surface area contributed by atoms with Crippen LogP contribution < -0.4 is 19.5 Å². The first-order valence-corrected chi connectivity index (χ1v) is 13.4. The maximum Gasteiger partial charge on any atom is 0.221 e. The van der Waals surface area contributed by atoms with Crippen molar-refractivity contribution in [2.24, 2.45) is 0 Å². The summed E-state index contributed by atoms with van der Waals surface area (Å²) in [6.07, 6.45) is 4.21. The van der Waals surface area contributed by atoms with E-state index in [2.05, 4.69) is 10.3 Å². The third-order valence-corrected chi connectivity index (χ3v) is 6.98. The van der Waals surface area contributed by atoms with Crippen LogP contribution in [-0.4, -0.2) is 36.1 Å². The van der Waals surface area contributed by atoms with Crippen molar-refractivity contribution in [1.29, 1.82) is 0 Å². The van der Waals surface area contributed by atoms with E-state index >= 15 is 4.39 Å². The van der Waals surface area contributed by atoms with Crippen LogP contribution in [0.1, 0.15) is 34.7 Å². The zero-order valence-electron chi connectivity index (χ0n) is 23.0. The number of carbonyl (C=O) groups excluding carboxylic acids is 1. The number of halogens is 1. The zero-order valence-corrected chi connectivity index (χ0v) is 23.0. The van der Waals surface area contributed by atoms with Crippen LogP contribution in [0.4, 0.5) is 4.39 Å². The SMILES string of the molecule is COc1ccc(CCNC(=O)CC(c2ccccc2F)c2cnc3c(OCc4ccccc4)cccn23)cc1OC. The number of nitrogens with zero attached hydrogens (tertiary/aromatic N) is 2. The van der Waals surface area contributed by atoms with Crippen molar-refractivity contribution >= 4 is 11.6 Å². The molecule has 0 fully saturated rings. The van der Waals surface area contributed by atoms with Crippen LogP contribution in [0.2, 0.25) is 0 Å². The van der Waals surface area contributed by atoms with Crippen LogP contribution in [0.15, 0.2) is 97.3 Å². The second-order valence-electron chi connectivity index (χ2n) is 9.59. The van der Waals surface area contributed by atoms with Crippen molar-refractivity contribution in [3.8, 4) is 17.2 Å². The van der Waals surface area contributed by atoms with Gasteiger partial charge >= 0.3 is 0 Å². The lowest BCUT2D eigenvalue weighted by molar-refractivity contribution is -0.121. The molecule has 1 unspecified atom stereocenters. The van der Waals surface area contributed by atoms with E-state index in [1.807, 2.05) is 71.3 Å². The molecule has 5 rings (SSSR count). The first-order valence-electron chi connectivity index (χ1n) is 13.4. The van der Waals surface area contributed by atoms with E-state index in [1.54, 1.807) is 38.6 Å². The van der Waals surface area contributed by atoms with Gasteiger partial charge in [-0.25, -0.2) is 9.37 Å². The van der Waals surface area contributed by atoms with Gasteiger partial charge in [0, 0.05) is 31.3 Å². The Bertz CT molecular complexity index is 1620. The predicted octanol–water partition coefficient (Wildman–Crippen LogP) is 5.95. The number of fused-ring (bicyclic) bond motifs is 1. The number of methoxy groups -OCH3 is 2. The first-order chi connectivity index (χ1) is 20.1. The molecule has 0 saturated heterocycles. The highest BCUT2D eigenvalue weighted by Gasteiger charge is 2.25. The molecule has 2 aromatic heterocycles. The predicted molar refractivity (Wildman–Crippen MR) is 155 cm³/mol. The Labute approximate surface area is 238 Å². The largest absolute Gasteiger partial charge is 0.493 e. The van der Waals surface area contributed by atoms with E-state index in [-0.39, 0.29) is 18.1 Å². The maximum atomic E-state index is 15.1. The molecule has 41 heavy (non-hydrogen) atoms. The number of rotatable bonds is 12. The Balaban J connectivity index is 1.34. The quantitative estimate of drug-likeness (QED) is 0.207. The molecule has 1 amide bonds. The normalized spacial score (nSPS) is 11.7. The van der Waals surface area contributed by atoms with E-state index in [0.29, 0.717) is 53.7 Å². The molecule has 210 valence electrons. The fourth-order valence-corrected chi connectivity index (χ4v) is 4.88. The zero-order chi connectivity index (χ0) is 28.6. The molecule has 0 aliphatic carbocycles. The third-order valence-electron chi connectivity index (χ3n) is 6.98. The van der Waals surface area contributed by atoms with Crippen molar-refractivity contribution in [3.05, 3.63) is 126 Å². The van der Waals surface area contributed by atoms with Gasteiger partial charge in [-0.05, 0) is 53.4 Å². The summed E-state index contributed by atoms with van der Waals surface area (Å²) in [6.45, 7) is 0.810. The first kappa shape index (κ1) is 27.7. The van der Waals surface area contributed by atoms with Gasteiger partial charge in [0.25, 0.3) is 0 Å². The maximum absolute atomic E-state index is 15.1. The highest BCUT2D eigenvalue weighted by atomic mass is 19.1. The minimum atomic E-state index is -0.559. The molecule has 3 aromatic carbocycles. The van der Waals surface area contributed by atoms with Crippen molar-refractivity contribution in [2.75, 3.05) is 20.8 Å². The number of amides is 1. The molecule has 7 nitrogen and oxygen atoms in total. The molecular formula is C33H32FN3O4. The Kier molecular flexibility index (Phi) is 8.79. The Morgan fingerprint density at radius 1 is 0.902 bits per heavy atom. The van der Waals surface area contributed by atoms with Crippen LogP contribution in [0.5, 0.6) is 17.2 Å². The van der Waals surface area contributed by atoms with Gasteiger partial charge in [-0.15, -0.1) is 0 Å². The number of hydrogen-bond acceptors (Lipinski definition) is 5. The smallest absolute Gasteiger partial charge is 0.221 e. The second-order valence-corrected chi connectivity index (χ2v) is 9.59. The highest BCUT2D eigenvalue weighted by molar-refractivity contribution is 5.77. The lowest BCUT2D eigenvalue weighted by Gasteiger charge is -2.18. The molecule has 0 aliphatic heterocycles. The van der Waals surface area contributed by atoms with Crippen LogP contribution in [0.25, 0.3) is 5.65 Å². The molecule has 0 saturated carbocycles. The molecule has 0 bridgehead atoms. The summed E-state index contributed by atoms with van der Waals surface area (Å²) in [5, 5.41) is 2.99. The lowest BCUT2D eigenvalue weighted by atomic mass is 9.92. The summed E-state index contributed by atoms with van der Waals surface area (Å²) in [6, 6.07) is 25.8. The summed E-state index contributed by atoms with van der Waals surface area (Å²) >= 11 is 0. The molecule has 0 radical (unpaired) electrons. The summed E-state index contributed by atoms with van der Waals surface area (Å²) in [5.41, 5.74) is 3.77. The number of carbonyl (C=O) groups is 1. The number of pyridine rings is 1. The van der Waals surface area contributed by atoms with Gasteiger partial charge in [0.1, 0.15) is 12.4 Å². The number of benzene rings is 3. The van der Waals surface area contributed by atoms with Gasteiger partial charge in [0.05, 0.1) is 19.9 Å². The molecule has 0 spiro atoms. The summed E-state index contributed by atoms with van der Waals surface area (Å²) < 4.78 is 33.7. The summed E-state index contributed by atoms with van der Waals surface area (Å²) in [7, 11) is 3.18. The van der Waals surface area contributed by atoms with Crippen LogP contribution in [0.3, 0.4) is 0 Å². The van der Waals surface area contributed by atoms with Gasteiger partial charge < -0.3 is 23.9 Å². The number of aromatic nitrogens is 2. The third kappa shape index (κ3) is 6.49. The standard InChI is InChI=1S/C33H32FN3O4/c1-39-29-15-14-23(19-31(29)40-2)16-17-35-32(38)20-26(25-11-6-7-12-27(25)34)28-21-36-33-30(13-8-18-37(28)33)41-22-24-9-4-3-5-10-24/h3-15,18-19,21,26H,16-17,20,22H2,1-2H3,(H,35,38). The van der Waals surface area contributed by atoms with Gasteiger partial charge in [-0.1, -0.05) is 54.6 Å². The fourth-order valence-electron chi connectivity index (χ4n) is 4.88. The summed E-state index contributed by atoms with van der Waals surface area (Å²) in [5.74, 6) is 0.767. The second kappa shape index (κ2) is 13.0. The summed E-state index contributed by atoms with van der Waals surface area (Å²) in [4.78, 5) is 17.8. The molecule has 1 N–H and O–H groups in total. The topological polar surface area (TPSA) is 74.1 Å². The van der Waals surface area contributed by atoms with Crippen molar-refractivity contribution in [3.63, 3.8) is 0 Å². The molecular weight excluding hydrogens is 521 g/mol. The molecule has 2 heterocycles. The van der Waals surface area contributed by atoms with E-state index in [1.165, 1.54) is 6.07 Å². The lowest BCUT2D eigenvalue weighted by Crippen LogP contribution is -2.28. The fraction of sp³-hybridized carbons (Fsp3) is 0.212. The molecule has 5 aromatic rings. The van der Waals surface area contributed by atoms with E-state index < -0.39 is 5.92 Å². The Morgan fingerprint density at radius 2 is 1.68 bits per heavy atom. The Hall–Kier alpha value is -4.85. The van der Waals surface area contributed by atoms with Crippen molar-refractivity contribution < 1.29 is 23.4 Å². The minimum absolute atomic E-state index is 0.0513. The van der Waals surface area contributed by atoms with E-state index in [9.17, 15) is 4.79 Å². The monoisotopic (exact) mass is 553 g/mol. The van der Waals surface area contributed by atoms with E-state index in [4.69, 9.17) is 14.2 Å². The van der Waals surface area contributed by atoms with Crippen LogP contribution in [0, 0.1) is 5.82 Å². The molecule has 8 heteroatoms. The molecule has 0 aliphatic rings. The van der Waals surface area contributed by atoms with Crippen molar-refractivity contribution in [1.82, 2.24) is 14.7 Å². The number of hydrogen-bond donors (Lipinski definition) is 1. The van der Waals surface area contributed by atoms with Gasteiger partial charge in [-0.2, -0.15) is 0 Å². The van der Waals surface area contributed by atoms with Gasteiger partial charge in [0.2, 0.25) is 5.91 Å². The average molecular weight is 554 g/mol. The minimum Gasteiger partial charge on any atom is -0.493 e. The van der Waals surface area contributed by atoms with Gasteiger partial charge in [-0.3, -0.25) is 4.79 Å². The van der Waals surface area contributed by atoms with Crippen LogP contribution in [-0.2, 0) is 17.8 Å². The Morgan fingerprint density at radius 3 is 2.46 bits per heavy atom. The van der Waals surface area contributed by atoms with Gasteiger partial charge in [0.15, 0.2) is 22.9 Å². The number of imidazole rings is 1. The number of ether oxygens (including phenoxy) is 3. The number of nitrogens with one attached hydrogen (secondary N) is 1. The van der Waals surface area contributed by atoms with Crippen LogP contribution >= 0.6 is 0 Å². The van der Waals surface area contributed by atoms with E-state index in [0.717, 1.165) is 11.1 Å². The van der Waals surface area contributed by atoms with Crippen molar-refractivity contribution in [2.45, 2.75) is 25.4 Å². The average Bonchev–Trinajstić information content (AvgIpc) is 3.44. The highest BCUT2D eigenvalue weighted by Crippen LogP contribution is 2.33. The molecule has 1 atom stereocenters.